The van der Waals surface area contributed by atoms with Crippen molar-refractivity contribution >= 4 is 32.9 Å². The lowest BCUT2D eigenvalue weighted by atomic mass is 10.2. The van der Waals surface area contributed by atoms with Gasteiger partial charge in [-0.3, -0.25) is 0 Å². The highest BCUT2D eigenvalue weighted by atomic mass is 32.2. The number of unbranched alkanes of at least 4 members (excludes halogenated alkanes) is 3. The topological polar surface area (TPSA) is 72.1 Å². The Morgan fingerprint density at radius 3 is 2.63 bits per heavy atom. The smallest absolute Gasteiger partial charge is 0.309 e. The molecule has 0 radical (unpaired) electrons. The number of fused-ring (bicyclic) bond motifs is 1. The van der Waals surface area contributed by atoms with E-state index in [2.05, 4.69) is 29.0 Å². The Hall–Kier alpha value is -1.99. The molecule has 0 saturated heterocycles. The molecule has 1 aromatic heterocycles. The number of rotatable bonds is 10. The average Bonchev–Trinajstić information content (AvgIpc) is 3.09. The monoisotopic (exact) mass is 404 g/mol. The van der Waals surface area contributed by atoms with Gasteiger partial charge >= 0.3 is 10.1 Å². The van der Waals surface area contributed by atoms with Crippen LogP contribution in [0.15, 0.2) is 53.7 Å². The molecule has 0 aliphatic carbocycles. The maximum Gasteiger partial charge on any atom is 0.309 e. The fourth-order valence-electron chi connectivity index (χ4n) is 2.73. The standard InChI is InChI=1S/C20H24N2O3S2/c1-2-3-4-8-14-27(23,24)25-18-13-9-12-17-19(18)22-20(21-17)26-15-16-10-6-5-7-11-16/h5-7,9-13H,2-4,8,14-15H2,1H3,(H,21,22). The molecule has 0 atom stereocenters. The predicted octanol–water partition coefficient (Wildman–Crippen LogP) is 5.14. The highest BCUT2D eigenvalue weighted by Crippen LogP contribution is 2.29. The Morgan fingerprint density at radius 1 is 1.04 bits per heavy atom. The molecule has 1 N–H and O–H groups in total. The second-order valence-electron chi connectivity index (χ2n) is 6.37. The molecule has 144 valence electrons. The summed E-state index contributed by atoms with van der Waals surface area (Å²) in [6.45, 7) is 2.09. The van der Waals surface area contributed by atoms with Gasteiger partial charge in [-0.15, -0.1) is 0 Å². The third-order valence-corrected chi connectivity index (χ3v) is 6.31. The van der Waals surface area contributed by atoms with Gasteiger partial charge in [0, 0.05) is 5.75 Å². The molecule has 5 nitrogen and oxygen atoms in total. The molecule has 0 saturated carbocycles. The van der Waals surface area contributed by atoms with Crippen LogP contribution in [0.25, 0.3) is 11.0 Å². The molecule has 0 aliphatic heterocycles. The molecule has 0 amide bonds. The van der Waals surface area contributed by atoms with E-state index in [0.717, 1.165) is 30.2 Å². The van der Waals surface area contributed by atoms with E-state index in [1.54, 1.807) is 23.9 Å². The van der Waals surface area contributed by atoms with Crippen molar-refractivity contribution in [2.75, 3.05) is 5.75 Å². The summed E-state index contributed by atoms with van der Waals surface area (Å²) in [6.07, 6.45) is 3.62. The van der Waals surface area contributed by atoms with Gasteiger partial charge in [-0.25, -0.2) is 4.98 Å². The molecular weight excluding hydrogens is 380 g/mol. The first-order chi connectivity index (χ1) is 13.1. The van der Waals surface area contributed by atoms with Crippen LogP contribution in [-0.4, -0.2) is 24.1 Å². The number of nitrogens with zero attached hydrogens (tertiary/aromatic N) is 1. The molecule has 27 heavy (non-hydrogen) atoms. The van der Waals surface area contributed by atoms with Gasteiger partial charge in [0.25, 0.3) is 0 Å². The van der Waals surface area contributed by atoms with Crippen molar-refractivity contribution in [1.82, 2.24) is 9.97 Å². The van der Waals surface area contributed by atoms with Crippen LogP contribution in [0.2, 0.25) is 0 Å². The Kier molecular flexibility index (Phi) is 6.79. The predicted molar refractivity (Wildman–Crippen MR) is 111 cm³/mol. The fraction of sp³-hybridized carbons (Fsp3) is 0.350. The number of aromatic amines is 1. The second kappa shape index (κ2) is 9.28. The number of hydrogen-bond acceptors (Lipinski definition) is 5. The van der Waals surface area contributed by atoms with Crippen molar-refractivity contribution in [2.24, 2.45) is 0 Å². The minimum atomic E-state index is -3.61. The van der Waals surface area contributed by atoms with Crippen LogP contribution in [0.5, 0.6) is 5.75 Å². The number of nitrogens with one attached hydrogen (secondary N) is 1. The van der Waals surface area contributed by atoms with E-state index in [1.165, 1.54) is 5.56 Å². The summed E-state index contributed by atoms with van der Waals surface area (Å²) in [7, 11) is -3.61. The number of aromatic nitrogens is 2. The molecule has 3 aromatic rings. The van der Waals surface area contributed by atoms with Gasteiger partial charge in [-0.2, -0.15) is 8.42 Å². The van der Waals surface area contributed by atoms with E-state index in [4.69, 9.17) is 4.18 Å². The first kappa shape index (κ1) is 19.8. The lowest BCUT2D eigenvalue weighted by molar-refractivity contribution is 0.484. The number of imidazole rings is 1. The normalized spacial score (nSPS) is 11.7. The van der Waals surface area contributed by atoms with E-state index < -0.39 is 10.1 Å². The molecule has 1 heterocycles. The zero-order valence-corrected chi connectivity index (χ0v) is 17.0. The molecule has 0 aliphatic rings. The zero-order chi connectivity index (χ0) is 19.1. The molecule has 2 aromatic carbocycles. The SMILES string of the molecule is CCCCCCS(=O)(=O)Oc1cccc2nc(SCc3ccccc3)[nH]c12. The van der Waals surface area contributed by atoms with Crippen molar-refractivity contribution in [2.45, 2.75) is 43.5 Å². The molecule has 0 bridgehead atoms. The zero-order valence-electron chi connectivity index (χ0n) is 15.3. The Morgan fingerprint density at radius 2 is 1.85 bits per heavy atom. The van der Waals surface area contributed by atoms with Crippen molar-refractivity contribution in [3.05, 3.63) is 54.1 Å². The van der Waals surface area contributed by atoms with E-state index in [-0.39, 0.29) is 5.75 Å². The lowest BCUT2D eigenvalue weighted by Crippen LogP contribution is -2.14. The third kappa shape index (κ3) is 5.74. The van der Waals surface area contributed by atoms with E-state index >= 15 is 0 Å². The van der Waals surface area contributed by atoms with Gasteiger partial charge in [0.1, 0.15) is 5.52 Å². The summed E-state index contributed by atoms with van der Waals surface area (Å²) in [4.78, 5) is 7.73. The van der Waals surface area contributed by atoms with Crippen LogP contribution >= 0.6 is 11.8 Å². The first-order valence-corrected chi connectivity index (χ1v) is 11.7. The molecule has 3 rings (SSSR count). The van der Waals surface area contributed by atoms with Gasteiger partial charge in [-0.05, 0) is 24.1 Å². The van der Waals surface area contributed by atoms with Gasteiger partial charge < -0.3 is 9.17 Å². The Balaban J connectivity index is 1.70. The molecule has 0 unspecified atom stereocenters. The average molecular weight is 405 g/mol. The number of benzene rings is 2. The minimum Gasteiger partial charge on any atom is -0.380 e. The lowest BCUT2D eigenvalue weighted by Gasteiger charge is -2.07. The number of para-hydroxylation sites is 1. The molecular formula is C20H24N2O3S2. The Bertz CT molecular complexity index is 969. The van der Waals surface area contributed by atoms with Crippen LogP contribution in [0.4, 0.5) is 0 Å². The second-order valence-corrected chi connectivity index (χ2v) is 9.03. The highest BCUT2D eigenvalue weighted by molar-refractivity contribution is 7.98. The van der Waals surface area contributed by atoms with Crippen molar-refractivity contribution in [3.63, 3.8) is 0 Å². The summed E-state index contributed by atoms with van der Waals surface area (Å²) in [6, 6.07) is 15.4. The van der Waals surface area contributed by atoms with Crippen molar-refractivity contribution < 1.29 is 12.6 Å². The molecule has 0 spiro atoms. The van der Waals surface area contributed by atoms with Crippen LogP contribution in [0.3, 0.4) is 0 Å². The minimum absolute atomic E-state index is 0.0349. The largest absolute Gasteiger partial charge is 0.380 e. The van der Waals surface area contributed by atoms with E-state index in [9.17, 15) is 8.42 Å². The number of H-pyrrole nitrogens is 1. The molecule has 0 fully saturated rings. The summed E-state index contributed by atoms with van der Waals surface area (Å²) >= 11 is 1.57. The van der Waals surface area contributed by atoms with Crippen molar-refractivity contribution in [3.8, 4) is 5.75 Å². The first-order valence-electron chi connectivity index (χ1n) is 9.15. The summed E-state index contributed by atoms with van der Waals surface area (Å²) in [5, 5.41) is 0.741. The number of thioether (sulfide) groups is 1. The van der Waals surface area contributed by atoms with Crippen LogP contribution in [-0.2, 0) is 15.9 Å². The summed E-state index contributed by atoms with van der Waals surface area (Å²) < 4.78 is 29.9. The van der Waals surface area contributed by atoms with Gasteiger partial charge in [0.2, 0.25) is 0 Å². The van der Waals surface area contributed by atoms with E-state index in [0.29, 0.717) is 23.2 Å². The fourth-order valence-corrected chi connectivity index (χ4v) is 4.62. The summed E-state index contributed by atoms with van der Waals surface area (Å²) in [5.74, 6) is 1.13. The maximum absolute atomic E-state index is 12.3. The van der Waals surface area contributed by atoms with E-state index in [1.807, 2.05) is 24.3 Å². The highest BCUT2D eigenvalue weighted by Gasteiger charge is 2.16. The summed E-state index contributed by atoms with van der Waals surface area (Å²) in [5.41, 5.74) is 2.52. The Labute approximate surface area is 164 Å². The van der Waals surface area contributed by atoms with Crippen LogP contribution < -0.4 is 4.18 Å². The van der Waals surface area contributed by atoms with Crippen molar-refractivity contribution in [1.29, 1.82) is 0 Å². The van der Waals surface area contributed by atoms with Gasteiger partial charge in [0.05, 0.1) is 11.3 Å². The van der Waals surface area contributed by atoms with Gasteiger partial charge in [0.15, 0.2) is 10.9 Å². The quantitative estimate of drug-likeness (QED) is 0.288. The third-order valence-electron chi connectivity index (χ3n) is 4.14. The maximum atomic E-state index is 12.3. The van der Waals surface area contributed by atoms with Crippen LogP contribution in [0, 0.1) is 0 Å². The number of hydrogen-bond donors (Lipinski definition) is 1. The molecule has 7 heteroatoms. The van der Waals surface area contributed by atoms with Gasteiger partial charge in [-0.1, -0.05) is 74.3 Å². The van der Waals surface area contributed by atoms with Crippen LogP contribution in [0.1, 0.15) is 38.2 Å².